The van der Waals surface area contributed by atoms with Crippen LogP contribution in [0.4, 0.5) is 0 Å². The molecule has 0 atom stereocenters. The summed E-state index contributed by atoms with van der Waals surface area (Å²) in [7, 11) is 0. The van der Waals surface area contributed by atoms with Crippen LogP contribution in [0, 0.1) is 0 Å². The van der Waals surface area contributed by atoms with Crippen molar-refractivity contribution in [2.75, 3.05) is 6.54 Å². The maximum absolute atomic E-state index is 11.8. The second-order valence-electron chi connectivity index (χ2n) is 6.96. The van der Waals surface area contributed by atoms with Gasteiger partial charge >= 0.3 is 0 Å². The first-order chi connectivity index (χ1) is 12.1. The molecule has 0 spiro atoms. The second kappa shape index (κ2) is 8.25. The summed E-state index contributed by atoms with van der Waals surface area (Å²) < 4.78 is 2.10. The number of hydrogen-bond acceptors (Lipinski definition) is 4. The lowest BCUT2D eigenvalue weighted by Gasteiger charge is -2.09. The molecule has 1 aliphatic carbocycles. The number of hydrogen-bond donors (Lipinski definition) is 2. The third-order valence-corrected chi connectivity index (χ3v) is 4.46. The first-order valence-corrected chi connectivity index (χ1v) is 9.13. The average molecular weight is 341 g/mol. The van der Waals surface area contributed by atoms with Crippen LogP contribution in [-0.2, 0) is 11.3 Å². The topological polar surface area (TPSA) is 71.8 Å². The number of nitrogens with one attached hydrogen (secondary N) is 2. The normalized spacial score (nSPS) is 15.0. The summed E-state index contributed by atoms with van der Waals surface area (Å²) in [5.41, 5.74) is 2.87. The van der Waals surface area contributed by atoms with Gasteiger partial charge in [-0.25, -0.2) is 0 Å². The Morgan fingerprint density at radius 2 is 2.12 bits per heavy atom. The number of rotatable bonds is 7. The van der Waals surface area contributed by atoms with E-state index in [2.05, 4.69) is 26.5 Å². The van der Waals surface area contributed by atoms with Gasteiger partial charge in [0.15, 0.2) is 0 Å². The van der Waals surface area contributed by atoms with Crippen LogP contribution in [0.3, 0.4) is 0 Å². The Kier molecular flexibility index (Phi) is 5.81. The molecule has 1 saturated carbocycles. The zero-order valence-electron chi connectivity index (χ0n) is 15.0. The van der Waals surface area contributed by atoms with Crippen LogP contribution in [0.2, 0.25) is 0 Å². The van der Waals surface area contributed by atoms with E-state index >= 15 is 0 Å². The van der Waals surface area contributed by atoms with E-state index < -0.39 is 0 Å². The summed E-state index contributed by atoms with van der Waals surface area (Å²) in [4.78, 5) is 16.3. The van der Waals surface area contributed by atoms with E-state index in [0.29, 0.717) is 19.1 Å². The summed E-state index contributed by atoms with van der Waals surface area (Å²) in [6.07, 6.45) is 8.82. The summed E-state index contributed by atoms with van der Waals surface area (Å²) in [5.74, 6) is 0.0116. The van der Waals surface area contributed by atoms with E-state index in [4.69, 9.17) is 5.10 Å². The van der Waals surface area contributed by atoms with Crippen LogP contribution in [0.1, 0.15) is 51.1 Å². The van der Waals surface area contributed by atoms with E-state index in [9.17, 15) is 4.79 Å². The number of aromatic nitrogens is 3. The van der Waals surface area contributed by atoms with Gasteiger partial charge in [-0.1, -0.05) is 18.9 Å². The van der Waals surface area contributed by atoms with Gasteiger partial charge in [-0.3, -0.25) is 14.5 Å². The predicted octanol–water partition coefficient (Wildman–Crippen LogP) is 2.67. The minimum absolute atomic E-state index is 0.0116. The number of carbonyl (C=O) groups is 1. The van der Waals surface area contributed by atoms with E-state index in [0.717, 1.165) is 17.0 Å². The van der Waals surface area contributed by atoms with Crippen LogP contribution in [-0.4, -0.2) is 33.3 Å². The van der Waals surface area contributed by atoms with Crippen molar-refractivity contribution >= 4 is 5.91 Å². The van der Waals surface area contributed by atoms with Crippen molar-refractivity contribution in [2.24, 2.45) is 0 Å². The van der Waals surface area contributed by atoms with Crippen molar-refractivity contribution in [1.82, 2.24) is 25.4 Å². The molecule has 2 aromatic heterocycles. The van der Waals surface area contributed by atoms with Crippen molar-refractivity contribution in [3.63, 3.8) is 0 Å². The summed E-state index contributed by atoms with van der Waals surface area (Å²) in [6.45, 7) is 4.82. The Balaban J connectivity index is 1.73. The summed E-state index contributed by atoms with van der Waals surface area (Å²) in [6, 6.07) is 6.51. The molecular weight excluding hydrogens is 314 g/mol. The van der Waals surface area contributed by atoms with Crippen molar-refractivity contribution in [2.45, 2.75) is 58.2 Å². The summed E-state index contributed by atoms with van der Waals surface area (Å²) in [5, 5.41) is 10.9. The maximum Gasteiger partial charge on any atom is 0.234 e. The number of amides is 1. The molecule has 6 heteroatoms. The Morgan fingerprint density at radius 3 is 2.80 bits per heavy atom. The van der Waals surface area contributed by atoms with Crippen LogP contribution in [0.15, 0.2) is 30.6 Å². The maximum atomic E-state index is 11.8. The van der Waals surface area contributed by atoms with Crippen LogP contribution in [0.5, 0.6) is 0 Å². The van der Waals surface area contributed by atoms with Gasteiger partial charge in [-0.05, 0) is 38.8 Å². The van der Waals surface area contributed by atoms with E-state index in [1.54, 1.807) is 6.20 Å². The molecule has 134 valence electrons. The van der Waals surface area contributed by atoms with Crippen molar-refractivity contribution < 1.29 is 4.79 Å². The van der Waals surface area contributed by atoms with E-state index in [1.807, 2.05) is 32.0 Å². The molecule has 1 fully saturated rings. The lowest BCUT2D eigenvalue weighted by Crippen LogP contribution is -2.37. The Hall–Kier alpha value is -2.21. The van der Waals surface area contributed by atoms with Gasteiger partial charge in [-0.2, -0.15) is 5.10 Å². The molecule has 3 rings (SSSR count). The Bertz CT molecular complexity index is 689. The standard InChI is InChI=1S/C19H27N5O/c1-14(2)22-18(25)12-20-11-15-13-24(16-7-3-4-8-16)23-19(15)17-9-5-6-10-21-17/h5-6,9-10,13-14,16,20H,3-4,7-8,11-12H2,1-2H3,(H,22,25). The van der Waals surface area contributed by atoms with Crippen molar-refractivity contribution in [1.29, 1.82) is 0 Å². The third kappa shape index (κ3) is 4.66. The molecule has 0 radical (unpaired) electrons. The van der Waals surface area contributed by atoms with E-state index in [-0.39, 0.29) is 11.9 Å². The molecule has 1 amide bonds. The van der Waals surface area contributed by atoms with Gasteiger partial charge in [0.05, 0.1) is 18.3 Å². The van der Waals surface area contributed by atoms with Gasteiger partial charge < -0.3 is 10.6 Å². The molecule has 0 saturated heterocycles. The van der Waals surface area contributed by atoms with Crippen LogP contribution < -0.4 is 10.6 Å². The summed E-state index contributed by atoms with van der Waals surface area (Å²) >= 11 is 0. The third-order valence-electron chi connectivity index (χ3n) is 4.46. The average Bonchev–Trinajstić information content (AvgIpc) is 3.24. The minimum Gasteiger partial charge on any atom is -0.353 e. The fourth-order valence-electron chi connectivity index (χ4n) is 3.32. The fourth-order valence-corrected chi connectivity index (χ4v) is 3.32. The highest BCUT2D eigenvalue weighted by Crippen LogP contribution is 2.31. The molecule has 0 aliphatic heterocycles. The molecule has 0 bridgehead atoms. The minimum atomic E-state index is 0.0116. The molecule has 2 aromatic rings. The number of pyridine rings is 1. The van der Waals surface area contributed by atoms with E-state index in [1.165, 1.54) is 25.7 Å². The molecule has 6 nitrogen and oxygen atoms in total. The van der Waals surface area contributed by atoms with Crippen molar-refractivity contribution in [3.05, 3.63) is 36.2 Å². The van der Waals surface area contributed by atoms with Gasteiger partial charge in [0.2, 0.25) is 5.91 Å². The first kappa shape index (κ1) is 17.6. The smallest absolute Gasteiger partial charge is 0.234 e. The molecule has 25 heavy (non-hydrogen) atoms. The number of nitrogens with zero attached hydrogens (tertiary/aromatic N) is 3. The lowest BCUT2D eigenvalue weighted by molar-refractivity contribution is -0.120. The molecule has 2 N–H and O–H groups in total. The zero-order valence-corrected chi connectivity index (χ0v) is 15.0. The van der Waals surface area contributed by atoms with Gasteiger partial charge in [-0.15, -0.1) is 0 Å². The van der Waals surface area contributed by atoms with Gasteiger partial charge in [0.1, 0.15) is 5.69 Å². The van der Waals surface area contributed by atoms with Crippen LogP contribution >= 0.6 is 0 Å². The molecule has 1 aliphatic rings. The monoisotopic (exact) mass is 341 g/mol. The van der Waals surface area contributed by atoms with Crippen LogP contribution in [0.25, 0.3) is 11.4 Å². The molecule has 0 unspecified atom stereocenters. The SMILES string of the molecule is CC(C)NC(=O)CNCc1cn(C2CCCC2)nc1-c1ccccn1. The highest BCUT2D eigenvalue weighted by molar-refractivity contribution is 5.78. The highest BCUT2D eigenvalue weighted by Gasteiger charge is 2.21. The van der Waals surface area contributed by atoms with Crippen molar-refractivity contribution in [3.8, 4) is 11.4 Å². The predicted molar refractivity (Wildman–Crippen MR) is 97.9 cm³/mol. The van der Waals surface area contributed by atoms with Gasteiger partial charge in [0.25, 0.3) is 0 Å². The molecular formula is C19H27N5O. The molecule has 2 heterocycles. The quantitative estimate of drug-likeness (QED) is 0.812. The van der Waals surface area contributed by atoms with Gasteiger partial charge in [0, 0.05) is 30.5 Å². The Labute approximate surface area is 149 Å². The Morgan fingerprint density at radius 1 is 1.32 bits per heavy atom. The first-order valence-electron chi connectivity index (χ1n) is 9.13. The number of carbonyl (C=O) groups excluding carboxylic acids is 1. The largest absolute Gasteiger partial charge is 0.353 e. The zero-order chi connectivity index (χ0) is 17.6. The highest BCUT2D eigenvalue weighted by atomic mass is 16.1. The lowest BCUT2D eigenvalue weighted by atomic mass is 10.2. The molecule has 0 aromatic carbocycles. The second-order valence-corrected chi connectivity index (χ2v) is 6.96. The fraction of sp³-hybridized carbons (Fsp3) is 0.526.